The molecule has 0 N–H and O–H groups in total. The van der Waals surface area contributed by atoms with Gasteiger partial charge in [-0.2, -0.15) is 13.2 Å². The number of fused-ring (bicyclic) bond motifs is 4. The monoisotopic (exact) mass is 443 g/mol. The lowest BCUT2D eigenvalue weighted by molar-refractivity contribution is -0.138. The number of alkyl halides is 3. The molecule has 7 nitrogen and oxygen atoms in total. The van der Waals surface area contributed by atoms with Crippen molar-refractivity contribution in [1.82, 2.24) is 24.5 Å². The molecule has 166 valence electrons. The second kappa shape index (κ2) is 7.61. The Morgan fingerprint density at radius 1 is 1.06 bits per heavy atom. The van der Waals surface area contributed by atoms with Gasteiger partial charge in [-0.15, -0.1) is 5.10 Å². The molecular weight excluding hydrogens is 423 g/mol. The molecule has 0 saturated carbocycles. The molecule has 0 spiro atoms. The van der Waals surface area contributed by atoms with Crippen molar-refractivity contribution in [2.45, 2.75) is 31.6 Å². The average Bonchev–Trinajstić information content (AvgIpc) is 3.22. The summed E-state index contributed by atoms with van der Waals surface area (Å²) in [7, 11) is 0. The van der Waals surface area contributed by atoms with Crippen LogP contribution in [0.5, 0.6) is 0 Å². The number of piperidine rings is 1. The number of pyridine rings is 1. The largest absolute Gasteiger partial charge is 0.416 e. The molecule has 2 aromatic heterocycles. The lowest BCUT2D eigenvalue weighted by atomic mass is 9.83. The van der Waals surface area contributed by atoms with Gasteiger partial charge in [0.2, 0.25) is 0 Å². The van der Waals surface area contributed by atoms with Crippen molar-refractivity contribution < 1.29 is 18.0 Å². The van der Waals surface area contributed by atoms with Crippen LogP contribution >= 0.6 is 0 Å². The molecule has 2 aliphatic heterocycles. The Morgan fingerprint density at radius 2 is 1.88 bits per heavy atom. The van der Waals surface area contributed by atoms with Crippen molar-refractivity contribution in [2.24, 2.45) is 5.92 Å². The van der Waals surface area contributed by atoms with Gasteiger partial charge >= 0.3 is 6.18 Å². The minimum Gasteiger partial charge on any atom is -0.336 e. The fraction of sp³-hybridized carbons (Fsp3) is 0.364. The Balaban J connectivity index is 1.34. The lowest BCUT2D eigenvalue weighted by Gasteiger charge is -2.42. The van der Waals surface area contributed by atoms with Gasteiger partial charge in [-0.1, -0.05) is 29.5 Å². The predicted octanol–water partition coefficient (Wildman–Crippen LogP) is 2.77. The van der Waals surface area contributed by atoms with Crippen LogP contribution in [0.3, 0.4) is 0 Å². The zero-order chi connectivity index (χ0) is 22.5. The lowest BCUT2D eigenvalue weighted by Crippen LogP contribution is -2.49. The normalized spacial score (nSPS) is 20.2. The summed E-state index contributed by atoms with van der Waals surface area (Å²) in [6, 6.07) is 10.5. The number of hydrogen-bond acceptors (Lipinski definition) is 4. The van der Waals surface area contributed by atoms with E-state index in [1.165, 1.54) is 29.1 Å². The van der Waals surface area contributed by atoms with E-state index >= 15 is 0 Å². The van der Waals surface area contributed by atoms with Gasteiger partial charge in [0.25, 0.3) is 11.5 Å². The highest BCUT2D eigenvalue weighted by Gasteiger charge is 2.37. The van der Waals surface area contributed by atoms with Gasteiger partial charge in [0.1, 0.15) is 0 Å². The third-order valence-corrected chi connectivity index (χ3v) is 6.18. The fourth-order valence-corrected chi connectivity index (χ4v) is 4.81. The predicted molar refractivity (Wildman–Crippen MR) is 108 cm³/mol. The molecule has 3 aromatic rings. The second-order valence-electron chi connectivity index (χ2n) is 8.36. The third kappa shape index (κ3) is 3.69. The van der Waals surface area contributed by atoms with E-state index in [0.717, 1.165) is 18.2 Å². The number of likely N-dealkylation sites (tertiary alicyclic amines) is 1. The molecule has 1 fully saturated rings. The summed E-state index contributed by atoms with van der Waals surface area (Å²) in [6.45, 7) is 1.39. The van der Waals surface area contributed by atoms with Crippen molar-refractivity contribution in [3.05, 3.63) is 81.5 Å². The zero-order valence-corrected chi connectivity index (χ0v) is 17.0. The summed E-state index contributed by atoms with van der Waals surface area (Å²) in [5.41, 5.74) is 0.317. The van der Waals surface area contributed by atoms with Crippen LogP contribution in [0.4, 0.5) is 13.2 Å². The number of benzene rings is 1. The topological polar surface area (TPSA) is 73.0 Å². The van der Waals surface area contributed by atoms with E-state index < -0.39 is 11.7 Å². The fourth-order valence-electron chi connectivity index (χ4n) is 4.81. The van der Waals surface area contributed by atoms with E-state index in [4.69, 9.17) is 0 Å². The van der Waals surface area contributed by atoms with Gasteiger partial charge in [0.05, 0.1) is 18.3 Å². The van der Waals surface area contributed by atoms with Crippen LogP contribution in [0.15, 0.2) is 53.5 Å². The number of aromatic nitrogens is 4. The number of carbonyl (C=O) groups is 1. The van der Waals surface area contributed by atoms with Crippen LogP contribution in [0.25, 0.3) is 0 Å². The molecule has 5 rings (SSSR count). The SMILES string of the molecule is O=C(c1cn(Cc2ccccc2C(F)(F)F)nn1)N1CC2CC(C1)c1cccc(=O)n1C2. The van der Waals surface area contributed by atoms with Crippen molar-refractivity contribution in [1.29, 1.82) is 0 Å². The molecule has 2 atom stereocenters. The Bertz CT molecular complexity index is 1230. The van der Waals surface area contributed by atoms with Gasteiger partial charge in [0, 0.05) is 37.3 Å². The minimum absolute atomic E-state index is 0.0287. The van der Waals surface area contributed by atoms with Gasteiger partial charge in [-0.3, -0.25) is 9.59 Å². The third-order valence-electron chi connectivity index (χ3n) is 6.18. The van der Waals surface area contributed by atoms with E-state index in [2.05, 4.69) is 10.3 Å². The molecular formula is C22H20F3N5O2. The van der Waals surface area contributed by atoms with Crippen LogP contribution in [0.2, 0.25) is 0 Å². The van der Waals surface area contributed by atoms with Crippen molar-refractivity contribution in [2.75, 3.05) is 13.1 Å². The second-order valence-corrected chi connectivity index (χ2v) is 8.36. The van der Waals surface area contributed by atoms with Crippen LogP contribution in [-0.2, 0) is 19.3 Å². The molecule has 2 bridgehead atoms. The number of halogens is 3. The highest BCUT2D eigenvalue weighted by atomic mass is 19.4. The summed E-state index contributed by atoms with van der Waals surface area (Å²) < 4.78 is 42.8. The van der Waals surface area contributed by atoms with Crippen molar-refractivity contribution in [3.63, 3.8) is 0 Å². The van der Waals surface area contributed by atoms with Crippen molar-refractivity contribution >= 4 is 5.91 Å². The van der Waals surface area contributed by atoms with Gasteiger partial charge in [0.15, 0.2) is 5.69 Å². The first-order chi connectivity index (χ1) is 15.3. The van der Waals surface area contributed by atoms with Crippen LogP contribution in [-0.4, -0.2) is 43.5 Å². The van der Waals surface area contributed by atoms with Crippen molar-refractivity contribution in [3.8, 4) is 0 Å². The molecule has 0 aliphatic carbocycles. The number of nitrogens with zero attached hydrogens (tertiary/aromatic N) is 5. The van der Waals surface area contributed by atoms with Crippen LogP contribution in [0.1, 0.15) is 39.6 Å². The summed E-state index contributed by atoms with van der Waals surface area (Å²) in [4.78, 5) is 26.9. The molecule has 10 heteroatoms. The minimum atomic E-state index is -4.47. The van der Waals surface area contributed by atoms with E-state index in [-0.39, 0.29) is 41.1 Å². The average molecular weight is 443 g/mol. The van der Waals surface area contributed by atoms with Crippen LogP contribution < -0.4 is 5.56 Å². The number of hydrogen-bond donors (Lipinski definition) is 0. The molecule has 32 heavy (non-hydrogen) atoms. The molecule has 2 unspecified atom stereocenters. The molecule has 1 amide bonds. The first-order valence-electron chi connectivity index (χ1n) is 10.3. The smallest absolute Gasteiger partial charge is 0.336 e. The Hall–Kier alpha value is -3.43. The maximum absolute atomic E-state index is 13.2. The van der Waals surface area contributed by atoms with Crippen LogP contribution in [0, 0.1) is 5.92 Å². The van der Waals surface area contributed by atoms with E-state index in [1.54, 1.807) is 21.6 Å². The number of carbonyl (C=O) groups excluding carboxylic acids is 1. The van der Waals surface area contributed by atoms with Gasteiger partial charge in [-0.25, -0.2) is 4.68 Å². The first kappa shape index (κ1) is 20.5. The first-order valence-corrected chi connectivity index (χ1v) is 10.3. The molecule has 4 heterocycles. The highest BCUT2D eigenvalue weighted by Crippen LogP contribution is 2.35. The Morgan fingerprint density at radius 3 is 2.69 bits per heavy atom. The summed E-state index contributed by atoms with van der Waals surface area (Å²) in [5.74, 6) is -0.0742. The Kier molecular flexibility index (Phi) is 4.87. The number of rotatable bonds is 3. The van der Waals surface area contributed by atoms with E-state index in [1.807, 2.05) is 6.07 Å². The molecule has 1 aromatic carbocycles. The zero-order valence-electron chi connectivity index (χ0n) is 17.0. The van der Waals surface area contributed by atoms with Gasteiger partial charge in [-0.05, 0) is 30.0 Å². The summed E-state index contributed by atoms with van der Waals surface area (Å²) in [6.07, 6.45) is -2.17. The maximum atomic E-state index is 13.2. The summed E-state index contributed by atoms with van der Waals surface area (Å²) in [5, 5.41) is 7.79. The molecule has 1 saturated heterocycles. The maximum Gasteiger partial charge on any atom is 0.416 e. The number of amides is 1. The standard InChI is InChI=1S/C22H20F3N5O2/c23-22(24,25)17-5-2-1-4-15(17)12-29-13-18(26-27-29)21(32)28-9-14-8-16(11-28)19-6-3-7-20(31)30(19)10-14/h1-7,13-14,16H,8-12H2. The molecule has 2 aliphatic rings. The quantitative estimate of drug-likeness (QED) is 0.624. The Labute approximate surface area is 181 Å². The molecule has 0 radical (unpaired) electrons. The van der Waals surface area contributed by atoms with E-state index in [0.29, 0.717) is 19.6 Å². The van der Waals surface area contributed by atoms with Gasteiger partial charge < -0.3 is 9.47 Å². The highest BCUT2D eigenvalue weighted by molar-refractivity contribution is 5.92. The van der Waals surface area contributed by atoms with E-state index in [9.17, 15) is 22.8 Å². The summed E-state index contributed by atoms with van der Waals surface area (Å²) >= 11 is 0.